The van der Waals surface area contributed by atoms with E-state index in [0.29, 0.717) is 12.3 Å². The van der Waals surface area contributed by atoms with E-state index in [4.69, 9.17) is 4.42 Å². The first-order chi connectivity index (χ1) is 9.44. The Labute approximate surface area is 129 Å². The predicted molar refractivity (Wildman–Crippen MR) is 80.0 cm³/mol. The number of furan rings is 1. The molecule has 6 nitrogen and oxygen atoms in total. The van der Waals surface area contributed by atoms with Gasteiger partial charge in [0.05, 0.1) is 17.7 Å². The van der Waals surface area contributed by atoms with Crippen molar-refractivity contribution >= 4 is 37.3 Å². The van der Waals surface area contributed by atoms with Crippen LogP contribution in [0.25, 0.3) is 0 Å². The highest BCUT2D eigenvalue weighted by molar-refractivity contribution is 9.10. The Morgan fingerprint density at radius 1 is 1.45 bits per heavy atom. The summed E-state index contributed by atoms with van der Waals surface area (Å²) in [6.07, 6.45) is 0. The third-order valence-electron chi connectivity index (χ3n) is 2.61. The molecule has 2 heterocycles. The number of rotatable bonds is 6. The van der Waals surface area contributed by atoms with Gasteiger partial charge in [0.25, 0.3) is 0 Å². The van der Waals surface area contributed by atoms with Gasteiger partial charge in [0.2, 0.25) is 10.0 Å². The van der Waals surface area contributed by atoms with Gasteiger partial charge in [-0.3, -0.25) is 0 Å². The molecule has 0 aliphatic carbocycles. The molecular weight excluding hydrogens is 366 g/mol. The van der Waals surface area contributed by atoms with Crippen molar-refractivity contribution in [3.05, 3.63) is 32.6 Å². The van der Waals surface area contributed by atoms with Crippen LogP contribution in [0.2, 0.25) is 0 Å². The number of hydrogen-bond acceptors (Lipinski definition) is 6. The van der Waals surface area contributed by atoms with Crippen LogP contribution in [0.5, 0.6) is 0 Å². The zero-order valence-corrected chi connectivity index (χ0v) is 14.2. The van der Waals surface area contributed by atoms with Crippen molar-refractivity contribution in [2.24, 2.45) is 0 Å². The van der Waals surface area contributed by atoms with E-state index in [1.165, 1.54) is 17.4 Å². The van der Waals surface area contributed by atoms with Crippen LogP contribution in [0, 0.1) is 6.92 Å². The summed E-state index contributed by atoms with van der Waals surface area (Å²) >= 11 is 4.55. The number of sulfonamides is 1. The Hall–Kier alpha value is -0.740. The summed E-state index contributed by atoms with van der Waals surface area (Å²) in [5.74, 6) is 0.550. The first-order valence-electron chi connectivity index (χ1n) is 5.75. The zero-order chi connectivity index (χ0) is 14.8. The average Bonchev–Trinajstić information content (AvgIpc) is 2.94. The monoisotopic (exact) mass is 379 g/mol. The fraction of sp³-hybridized carbons (Fsp3) is 0.364. The standard InChI is InChI=1S/C11H14BrN3O3S2/c1-7-9(19-6-14-7)5-15-20(16,17)10-3-8(4-13-2)18-11(10)12/h3,6,13,15H,4-5H2,1-2H3. The Balaban J connectivity index is 2.16. The van der Waals surface area contributed by atoms with E-state index in [2.05, 4.69) is 31.0 Å². The third-order valence-corrected chi connectivity index (χ3v) is 5.81. The van der Waals surface area contributed by atoms with Gasteiger partial charge in [0.1, 0.15) is 10.7 Å². The fourth-order valence-corrected chi connectivity index (χ4v) is 4.38. The van der Waals surface area contributed by atoms with Crippen LogP contribution in [-0.4, -0.2) is 20.4 Å². The number of hydrogen-bond donors (Lipinski definition) is 2. The maximum absolute atomic E-state index is 12.2. The summed E-state index contributed by atoms with van der Waals surface area (Å²) in [6.45, 7) is 2.53. The largest absolute Gasteiger partial charge is 0.452 e. The van der Waals surface area contributed by atoms with E-state index in [-0.39, 0.29) is 16.1 Å². The molecule has 0 fully saturated rings. The summed E-state index contributed by atoms with van der Waals surface area (Å²) < 4.78 is 32.6. The number of halogens is 1. The average molecular weight is 380 g/mol. The lowest BCUT2D eigenvalue weighted by molar-refractivity contribution is 0.470. The number of nitrogens with one attached hydrogen (secondary N) is 2. The minimum atomic E-state index is -3.62. The van der Waals surface area contributed by atoms with Crippen molar-refractivity contribution in [2.75, 3.05) is 7.05 Å². The van der Waals surface area contributed by atoms with Crippen molar-refractivity contribution < 1.29 is 12.8 Å². The molecule has 0 saturated heterocycles. The molecule has 2 aromatic heterocycles. The molecule has 20 heavy (non-hydrogen) atoms. The lowest BCUT2D eigenvalue weighted by Crippen LogP contribution is -2.23. The van der Waals surface area contributed by atoms with Gasteiger partial charge in [-0.15, -0.1) is 11.3 Å². The van der Waals surface area contributed by atoms with Gasteiger partial charge in [-0.2, -0.15) is 0 Å². The first kappa shape index (κ1) is 15.6. The van der Waals surface area contributed by atoms with Crippen LogP contribution in [0.1, 0.15) is 16.3 Å². The summed E-state index contributed by atoms with van der Waals surface area (Å²) in [6, 6.07) is 1.50. The Kier molecular flexibility index (Phi) is 4.97. The van der Waals surface area contributed by atoms with Gasteiger partial charge >= 0.3 is 0 Å². The molecule has 2 aromatic rings. The van der Waals surface area contributed by atoms with Crippen LogP contribution >= 0.6 is 27.3 Å². The van der Waals surface area contributed by atoms with Crippen LogP contribution < -0.4 is 10.0 Å². The topological polar surface area (TPSA) is 84.2 Å². The molecule has 0 radical (unpaired) electrons. The molecule has 0 aliphatic heterocycles. The van der Waals surface area contributed by atoms with Gasteiger partial charge in [0.15, 0.2) is 4.67 Å². The van der Waals surface area contributed by atoms with E-state index in [0.717, 1.165) is 10.6 Å². The van der Waals surface area contributed by atoms with Crippen molar-refractivity contribution in [1.29, 1.82) is 0 Å². The minimum absolute atomic E-state index is 0.102. The highest BCUT2D eigenvalue weighted by Gasteiger charge is 2.22. The molecule has 0 bridgehead atoms. The fourth-order valence-electron chi connectivity index (χ4n) is 1.58. The smallest absolute Gasteiger partial charge is 0.245 e. The summed E-state index contributed by atoms with van der Waals surface area (Å²) in [7, 11) is -1.86. The van der Waals surface area contributed by atoms with Crippen molar-refractivity contribution in [2.45, 2.75) is 24.9 Å². The van der Waals surface area contributed by atoms with Crippen LogP contribution in [-0.2, 0) is 23.1 Å². The van der Waals surface area contributed by atoms with E-state index in [1.807, 2.05) is 6.92 Å². The van der Waals surface area contributed by atoms with Crippen LogP contribution in [0.4, 0.5) is 0 Å². The number of thiazole rings is 1. The van der Waals surface area contributed by atoms with Gasteiger partial charge in [-0.05, 0) is 29.9 Å². The van der Waals surface area contributed by atoms with Crippen LogP contribution in [0.3, 0.4) is 0 Å². The van der Waals surface area contributed by atoms with Crippen molar-refractivity contribution in [1.82, 2.24) is 15.0 Å². The Morgan fingerprint density at radius 3 is 2.80 bits per heavy atom. The molecule has 2 rings (SSSR count). The molecule has 2 N–H and O–H groups in total. The highest BCUT2D eigenvalue weighted by atomic mass is 79.9. The second-order valence-electron chi connectivity index (χ2n) is 4.07. The lowest BCUT2D eigenvalue weighted by atomic mass is 10.4. The third kappa shape index (κ3) is 3.47. The molecule has 110 valence electrons. The highest BCUT2D eigenvalue weighted by Crippen LogP contribution is 2.26. The molecule has 0 amide bonds. The molecule has 0 saturated carbocycles. The van der Waals surface area contributed by atoms with Crippen LogP contribution in [0.15, 0.2) is 25.6 Å². The maximum Gasteiger partial charge on any atom is 0.245 e. The molecule has 0 aliphatic rings. The predicted octanol–water partition coefficient (Wildman–Crippen LogP) is 2.00. The summed E-state index contributed by atoms with van der Waals surface area (Å²) in [5, 5.41) is 2.90. The van der Waals surface area contributed by atoms with Gasteiger partial charge in [-0.1, -0.05) is 0 Å². The minimum Gasteiger partial charge on any atom is -0.452 e. The molecular formula is C11H14BrN3O3S2. The summed E-state index contributed by atoms with van der Waals surface area (Å²) in [5.41, 5.74) is 2.53. The first-order valence-corrected chi connectivity index (χ1v) is 8.91. The molecule has 0 aromatic carbocycles. The maximum atomic E-state index is 12.2. The number of aryl methyl sites for hydroxylation is 1. The Morgan fingerprint density at radius 2 is 2.20 bits per heavy atom. The van der Waals surface area contributed by atoms with Crippen molar-refractivity contribution in [3.63, 3.8) is 0 Å². The zero-order valence-electron chi connectivity index (χ0n) is 10.9. The van der Waals surface area contributed by atoms with Gasteiger partial charge < -0.3 is 9.73 Å². The second kappa shape index (κ2) is 6.35. The normalized spacial score (nSPS) is 11.9. The molecule has 0 spiro atoms. The quantitative estimate of drug-likeness (QED) is 0.801. The van der Waals surface area contributed by atoms with E-state index in [1.54, 1.807) is 12.6 Å². The molecule has 0 unspecified atom stereocenters. The number of nitrogens with zero attached hydrogens (tertiary/aromatic N) is 1. The molecule has 9 heteroatoms. The lowest BCUT2D eigenvalue weighted by Gasteiger charge is -2.03. The Bertz CT molecular complexity index is 694. The van der Waals surface area contributed by atoms with Crippen molar-refractivity contribution in [3.8, 4) is 0 Å². The number of aromatic nitrogens is 1. The SMILES string of the molecule is CNCc1cc(S(=O)(=O)NCc2scnc2C)c(Br)o1. The van der Waals surface area contributed by atoms with E-state index < -0.39 is 10.0 Å². The van der Waals surface area contributed by atoms with E-state index in [9.17, 15) is 8.42 Å². The van der Waals surface area contributed by atoms with Gasteiger partial charge in [-0.25, -0.2) is 18.1 Å². The molecule has 0 atom stereocenters. The second-order valence-corrected chi connectivity index (χ2v) is 7.46. The summed E-state index contributed by atoms with van der Waals surface area (Å²) in [4.78, 5) is 5.08. The van der Waals surface area contributed by atoms with E-state index >= 15 is 0 Å². The van der Waals surface area contributed by atoms with Gasteiger partial charge in [0, 0.05) is 17.5 Å².